The molecule has 4 fully saturated rings. The van der Waals surface area contributed by atoms with Gasteiger partial charge in [-0.05, 0) is 73.8 Å². The van der Waals surface area contributed by atoms with E-state index < -0.39 is 0 Å². The summed E-state index contributed by atoms with van der Waals surface area (Å²) in [5.41, 5.74) is 1.28. The molecule has 0 aromatic carbocycles. The van der Waals surface area contributed by atoms with Gasteiger partial charge in [0.15, 0.2) is 0 Å². The van der Waals surface area contributed by atoms with Crippen LogP contribution in [-0.2, 0) is 6.42 Å². The zero-order valence-corrected chi connectivity index (χ0v) is 11.5. The summed E-state index contributed by atoms with van der Waals surface area (Å²) >= 11 is 0. The molecule has 4 aliphatic carbocycles. The van der Waals surface area contributed by atoms with Crippen LogP contribution in [0.4, 0.5) is 0 Å². The summed E-state index contributed by atoms with van der Waals surface area (Å²) in [6.45, 7) is 0. The molecular formula is C17H23NO. The van der Waals surface area contributed by atoms with Gasteiger partial charge in [-0.15, -0.1) is 0 Å². The molecule has 5 rings (SSSR count). The summed E-state index contributed by atoms with van der Waals surface area (Å²) in [4.78, 5) is 4.39. The van der Waals surface area contributed by atoms with Crippen molar-refractivity contribution in [2.24, 2.45) is 23.2 Å². The Bertz CT molecular complexity index is 420. The molecule has 2 nitrogen and oxygen atoms in total. The molecule has 0 aliphatic heterocycles. The molecule has 19 heavy (non-hydrogen) atoms. The van der Waals surface area contributed by atoms with Crippen molar-refractivity contribution < 1.29 is 5.11 Å². The van der Waals surface area contributed by atoms with Gasteiger partial charge in [-0.25, -0.2) is 0 Å². The minimum absolute atomic E-state index is 0.184. The van der Waals surface area contributed by atoms with Gasteiger partial charge in [-0.2, -0.15) is 0 Å². The first-order valence-corrected chi connectivity index (χ1v) is 7.81. The fraction of sp³-hybridized carbons (Fsp3) is 0.706. The van der Waals surface area contributed by atoms with Crippen molar-refractivity contribution >= 4 is 0 Å². The molecule has 4 aliphatic rings. The second kappa shape index (κ2) is 4.31. The Hall–Kier alpha value is -0.890. The molecule has 1 N–H and O–H groups in total. The van der Waals surface area contributed by atoms with Crippen LogP contribution >= 0.6 is 0 Å². The number of aliphatic hydroxyl groups is 1. The number of hydrogen-bond acceptors (Lipinski definition) is 2. The largest absolute Gasteiger partial charge is 0.392 e. The summed E-state index contributed by atoms with van der Waals surface area (Å²) in [6, 6.07) is 6.01. The van der Waals surface area contributed by atoms with Gasteiger partial charge in [0.05, 0.1) is 6.10 Å². The summed E-state index contributed by atoms with van der Waals surface area (Å²) in [7, 11) is 0. The van der Waals surface area contributed by atoms with E-state index in [1.807, 2.05) is 24.4 Å². The lowest BCUT2D eigenvalue weighted by Gasteiger charge is -2.58. The predicted molar refractivity (Wildman–Crippen MR) is 74.6 cm³/mol. The number of nitrogens with zero attached hydrogens (tertiary/aromatic N) is 1. The first-order valence-electron chi connectivity index (χ1n) is 7.81. The summed E-state index contributed by atoms with van der Waals surface area (Å²) in [5.74, 6) is 2.72. The quantitative estimate of drug-likeness (QED) is 0.902. The first-order chi connectivity index (χ1) is 9.23. The topological polar surface area (TPSA) is 33.1 Å². The van der Waals surface area contributed by atoms with Crippen molar-refractivity contribution in [3.05, 3.63) is 30.1 Å². The standard InChI is InChI=1S/C17H23NO/c19-16(8-15-3-1-2-4-18-15)17-9-12-5-13(10-17)7-14(6-12)11-17/h1-4,12-14,16,19H,5-11H2. The third-order valence-corrected chi connectivity index (χ3v) is 5.92. The maximum Gasteiger partial charge on any atom is 0.0652 e. The molecule has 1 atom stereocenters. The zero-order valence-electron chi connectivity index (χ0n) is 11.5. The fourth-order valence-electron chi connectivity index (χ4n) is 5.52. The number of aromatic nitrogens is 1. The molecule has 4 saturated carbocycles. The lowest BCUT2D eigenvalue weighted by Crippen LogP contribution is -2.52. The van der Waals surface area contributed by atoms with Crippen molar-refractivity contribution in [1.82, 2.24) is 4.98 Å². The van der Waals surface area contributed by atoms with E-state index in [-0.39, 0.29) is 11.5 Å². The molecule has 4 bridgehead atoms. The maximum absolute atomic E-state index is 10.8. The summed E-state index contributed by atoms with van der Waals surface area (Å²) < 4.78 is 0. The highest BCUT2D eigenvalue weighted by Crippen LogP contribution is 2.61. The van der Waals surface area contributed by atoms with Gasteiger partial charge in [-0.1, -0.05) is 6.07 Å². The second-order valence-corrected chi connectivity index (χ2v) is 7.32. The average molecular weight is 257 g/mol. The van der Waals surface area contributed by atoms with Gasteiger partial charge in [0.25, 0.3) is 0 Å². The Morgan fingerprint density at radius 2 is 1.74 bits per heavy atom. The molecule has 0 spiro atoms. The van der Waals surface area contributed by atoms with Crippen LogP contribution in [0.1, 0.15) is 44.2 Å². The van der Waals surface area contributed by atoms with Gasteiger partial charge < -0.3 is 5.11 Å². The molecule has 1 heterocycles. The number of aliphatic hydroxyl groups excluding tert-OH is 1. The van der Waals surface area contributed by atoms with E-state index >= 15 is 0 Å². The van der Waals surface area contributed by atoms with Gasteiger partial charge in [0.2, 0.25) is 0 Å². The van der Waals surface area contributed by atoms with Crippen molar-refractivity contribution in [2.75, 3.05) is 0 Å². The Labute approximate surface area is 115 Å². The Kier molecular flexibility index (Phi) is 2.70. The van der Waals surface area contributed by atoms with E-state index in [4.69, 9.17) is 0 Å². The SMILES string of the molecule is OC(Cc1ccccn1)C12CC3CC(CC(C3)C1)C2. The van der Waals surface area contributed by atoms with Crippen LogP contribution in [0.25, 0.3) is 0 Å². The van der Waals surface area contributed by atoms with Crippen LogP contribution in [0, 0.1) is 23.2 Å². The summed E-state index contributed by atoms with van der Waals surface area (Å²) in [6.07, 6.45) is 10.5. The molecule has 102 valence electrons. The van der Waals surface area contributed by atoms with Crippen molar-refractivity contribution in [3.8, 4) is 0 Å². The number of hydrogen-bond donors (Lipinski definition) is 1. The van der Waals surface area contributed by atoms with E-state index in [1.54, 1.807) is 0 Å². The molecular weight excluding hydrogens is 234 g/mol. The fourth-order valence-corrected chi connectivity index (χ4v) is 5.52. The molecule has 0 radical (unpaired) electrons. The third-order valence-electron chi connectivity index (χ3n) is 5.92. The number of rotatable bonds is 3. The molecule has 0 amide bonds. The van der Waals surface area contributed by atoms with E-state index in [2.05, 4.69) is 4.98 Å². The van der Waals surface area contributed by atoms with E-state index in [1.165, 1.54) is 38.5 Å². The van der Waals surface area contributed by atoms with Crippen LogP contribution in [0.3, 0.4) is 0 Å². The van der Waals surface area contributed by atoms with Crippen molar-refractivity contribution in [3.63, 3.8) is 0 Å². The highest BCUT2D eigenvalue weighted by molar-refractivity contribution is 5.10. The van der Waals surface area contributed by atoms with Crippen molar-refractivity contribution in [2.45, 2.75) is 51.0 Å². The molecule has 1 aromatic rings. The minimum Gasteiger partial charge on any atom is -0.392 e. The first kappa shape index (κ1) is 11.9. The normalized spacial score (nSPS) is 41.4. The van der Waals surface area contributed by atoms with Crippen LogP contribution in [0.2, 0.25) is 0 Å². The monoisotopic (exact) mass is 257 g/mol. The maximum atomic E-state index is 10.8. The van der Waals surface area contributed by atoms with Gasteiger partial charge in [0.1, 0.15) is 0 Å². The lowest BCUT2D eigenvalue weighted by atomic mass is 9.48. The average Bonchev–Trinajstić information content (AvgIpc) is 2.38. The lowest BCUT2D eigenvalue weighted by molar-refractivity contribution is -0.119. The van der Waals surface area contributed by atoms with Gasteiger partial charge >= 0.3 is 0 Å². The highest BCUT2D eigenvalue weighted by atomic mass is 16.3. The predicted octanol–water partition coefficient (Wildman–Crippen LogP) is 3.20. The van der Waals surface area contributed by atoms with Gasteiger partial charge in [-0.3, -0.25) is 4.98 Å². The van der Waals surface area contributed by atoms with E-state index in [9.17, 15) is 5.11 Å². The smallest absolute Gasteiger partial charge is 0.0652 e. The minimum atomic E-state index is -0.184. The highest BCUT2D eigenvalue weighted by Gasteiger charge is 2.53. The van der Waals surface area contributed by atoms with E-state index in [0.29, 0.717) is 0 Å². The van der Waals surface area contributed by atoms with Crippen LogP contribution < -0.4 is 0 Å². The Balaban J connectivity index is 1.55. The van der Waals surface area contributed by atoms with Gasteiger partial charge in [0, 0.05) is 18.3 Å². The molecule has 0 saturated heterocycles. The third kappa shape index (κ3) is 2.01. The molecule has 1 aromatic heterocycles. The molecule has 2 heteroatoms. The van der Waals surface area contributed by atoms with Crippen LogP contribution in [0.15, 0.2) is 24.4 Å². The Morgan fingerprint density at radius 1 is 1.11 bits per heavy atom. The second-order valence-electron chi connectivity index (χ2n) is 7.32. The zero-order chi connectivity index (χ0) is 12.9. The van der Waals surface area contributed by atoms with E-state index in [0.717, 1.165) is 29.9 Å². The summed E-state index contributed by atoms with van der Waals surface area (Å²) in [5, 5.41) is 10.8. The molecule has 1 unspecified atom stereocenters. The van der Waals surface area contributed by atoms with Crippen LogP contribution in [-0.4, -0.2) is 16.2 Å². The number of pyridine rings is 1. The van der Waals surface area contributed by atoms with Crippen molar-refractivity contribution in [1.29, 1.82) is 0 Å². The Morgan fingerprint density at radius 3 is 2.26 bits per heavy atom. The van der Waals surface area contributed by atoms with Crippen LogP contribution in [0.5, 0.6) is 0 Å².